The number of primary amides is 1. The van der Waals surface area contributed by atoms with E-state index < -0.39 is 38.4 Å². The standard InChI is InChI=1S/C22H31FN2O4S/c1-16(2)30(28,29)25-15-21(3,27)22(12-7-10-20(24)26)13-11-18(14-19(22)23)17-8-5-4-6-9-17/h4-6,8-9,11,13-14,16,19,25,27H,7,10,12,15H2,1-3H3,(H2,24,26). The van der Waals surface area contributed by atoms with Gasteiger partial charge in [0.1, 0.15) is 6.17 Å². The van der Waals surface area contributed by atoms with E-state index in [0.717, 1.165) is 5.56 Å². The van der Waals surface area contributed by atoms with Crippen LogP contribution in [0.3, 0.4) is 0 Å². The zero-order valence-corrected chi connectivity index (χ0v) is 18.5. The molecular weight excluding hydrogens is 407 g/mol. The summed E-state index contributed by atoms with van der Waals surface area (Å²) in [5.41, 5.74) is 3.57. The molecule has 3 atom stereocenters. The van der Waals surface area contributed by atoms with E-state index >= 15 is 4.39 Å². The number of aliphatic hydroxyl groups is 1. The van der Waals surface area contributed by atoms with Gasteiger partial charge in [-0.3, -0.25) is 4.79 Å². The number of hydrogen-bond acceptors (Lipinski definition) is 4. The third-order valence-corrected chi connectivity index (χ3v) is 7.53. The summed E-state index contributed by atoms with van der Waals surface area (Å²) in [5, 5.41) is 10.6. The Morgan fingerprint density at radius 2 is 1.97 bits per heavy atom. The molecule has 0 saturated carbocycles. The number of benzene rings is 1. The van der Waals surface area contributed by atoms with Crippen molar-refractivity contribution in [3.8, 4) is 0 Å². The molecule has 0 heterocycles. The Balaban J connectivity index is 2.35. The van der Waals surface area contributed by atoms with Crippen molar-refractivity contribution < 1.29 is 22.7 Å². The van der Waals surface area contributed by atoms with Crippen LogP contribution < -0.4 is 10.5 Å². The van der Waals surface area contributed by atoms with E-state index in [1.807, 2.05) is 30.3 Å². The largest absolute Gasteiger partial charge is 0.388 e. The molecule has 1 aromatic rings. The van der Waals surface area contributed by atoms with E-state index in [2.05, 4.69) is 4.72 Å². The predicted octanol–water partition coefficient (Wildman–Crippen LogP) is 2.70. The highest BCUT2D eigenvalue weighted by Gasteiger charge is 2.51. The molecule has 0 fully saturated rings. The summed E-state index contributed by atoms with van der Waals surface area (Å²) in [6.45, 7) is 4.10. The van der Waals surface area contributed by atoms with Gasteiger partial charge in [0.15, 0.2) is 0 Å². The van der Waals surface area contributed by atoms with E-state index in [4.69, 9.17) is 5.73 Å². The number of nitrogens with one attached hydrogen (secondary N) is 1. The van der Waals surface area contributed by atoms with E-state index in [9.17, 15) is 18.3 Å². The molecule has 0 aliphatic heterocycles. The van der Waals surface area contributed by atoms with Gasteiger partial charge in [-0.25, -0.2) is 17.5 Å². The van der Waals surface area contributed by atoms with Crippen LogP contribution >= 0.6 is 0 Å². The number of rotatable bonds is 10. The van der Waals surface area contributed by atoms with Crippen LogP contribution in [0, 0.1) is 5.41 Å². The van der Waals surface area contributed by atoms with Gasteiger partial charge >= 0.3 is 0 Å². The molecule has 4 N–H and O–H groups in total. The molecule has 0 saturated heterocycles. The van der Waals surface area contributed by atoms with E-state index in [1.165, 1.54) is 26.8 Å². The first-order chi connectivity index (χ1) is 13.9. The van der Waals surface area contributed by atoms with Gasteiger partial charge in [-0.05, 0) is 50.8 Å². The Bertz CT molecular complexity index is 910. The molecule has 6 nitrogen and oxygen atoms in total. The number of hydrogen-bond donors (Lipinski definition) is 3. The smallest absolute Gasteiger partial charge is 0.217 e. The Labute approximate surface area is 178 Å². The Kier molecular flexibility index (Phi) is 7.60. The van der Waals surface area contributed by atoms with Crippen molar-refractivity contribution in [1.29, 1.82) is 0 Å². The molecule has 0 spiro atoms. The molecule has 0 bridgehead atoms. The number of amides is 1. The number of sulfonamides is 1. The molecule has 30 heavy (non-hydrogen) atoms. The third kappa shape index (κ3) is 5.36. The normalized spacial score (nSPS) is 23.8. The Morgan fingerprint density at radius 1 is 1.33 bits per heavy atom. The highest BCUT2D eigenvalue weighted by molar-refractivity contribution is 7.90. The van der Waals surface area contributed by atoms with Crippen molar-refractivity contribution in [2.75, 3.05) is 6.54 Å². The lowest BCUT2D eigenvalue weighted by molar-refractivity contribution is -0.118. The highest BCUT2D eigenvalue weighted by Crippen LogP contribution is 2.47. The fraction of sp³-hybridized carbons (Fsp3) is 0.500. The summed E-state index contributed by atoms with van der Waals surface area (Å²) < 4.78 is 42.4. The minimum atomic E-state index is -3.65. The van der Waals surface area contributed by atoms with Gasteiger partial charge in [0.2, 0.25) is 15.9 Å². The van der Waals surface area contributed by atoms with Crippen LogP contribution in [0.1, 0.15) is 45.6 Å². The van der Waals surface area contributed by atoms with Gasteiger partial charge in [0.05, 0.1) is 16.3 Å². The topological polar surface area (TPSA) is 109 Å². The summed E-state index contributed by atoms with van der Waals surface area (Å²) in [6.07, 6.45) is 3.62. The summed E-state index contributed by atoms with van der Waals surface area (Å²) in [6, 6.07) is 9.28. The lowest BCUT2D eigenvalue weighted by Gasteiger charge is -2.46. The maximum absolute atomic E-state index is 15.7. The zero-order valence-electron chi connectivity index (χ0n) is 17.6. The maximum Gasteiger partial charge on any atom is 0.217 e. The number of nitrogens with two attached hydrogens (primary N) is 1. The Hall–Kier alpha value is -2.03. The van der Waals surface area contributed by atoms with Crippen LogP contribution in [0.15, 0.2) is 48.6 Å². The fourth-order valence-electron chi connectivity index (χ4n) is 3.61. The molecule has 1 aromatic carbocycles. The fourth-order valence-corrected chi connectivity index (χ4v) is 4.43. The lowest BCUT2D eigenvalue weighted by Crippen LogP contribution is -2.57. The van der Waals surface area contributed by atoms with Gasteiger partial charge in [0.25, 0.3) is 0 Å². The van der Waals surface area contributed by atoms with Gasteiger partial charge in [-0.2, -0.15) is 0 Å². The van der Waals surface area contributed by atoms with Crippen LogP contribution in [-0.2, 0) is 14.8 Å². The first-order valence-corrected chi connectivity index (χ1v) is 11.6. The van der Waals surface area contributed by atoms with Gasteiger partial charge in [0, 0.05) is 13.0 Å². The summed E-state index contributed by atoms with van der Waals surface area (Å²) >= 11 is 0. The monoisotopic (exact) mass is 438 g/mol. The van der Waals surface area contributed by atoms with Crippen LogP contribution in [0.2, 0.25) is 0 Å². The van der Waals surface area contributed by atoms with Crippen molar-refractivity contribution in [2.45, 2.75) is 57.1 Å². The number of allylic oxidation sites excluding steroid dienone is 3. The summed E-state index contributed by atoms with van der Waals surface area (Å²) in [4.78, 5) is 11.2. The Morgan fingerprint density at radius 3 is 2.50 bits per heavy atom. The van der Waals surface area contributed by atoms with Crippen molar-refractivity contribution in [3.63, 3.8) is 0 Å². The number of halogens is 1. The van der Waals surface area contributed by atoms with Crippen molar-refractivity contribution >= 4 is 21.5 Å². The van der Waals surface area contributed by atoms with E-state index in [0.29, 0.717) is 5.57 Å². The molecule has 3 unspecified atom stereocenters. The molecular formula is C22H31FN2O4S. The second kappa shape index (κ2) is 9.41. The van der Waals surface area contributed by atoms with Crippen LogP contribution in [0.4, 0.5) is 4.39 Å². The molecule has 8 heteroatoms. The maximum atomic E-state index is 15.7. The van der Waals surface area contributed by atoms with Gasteiger partial charge < -0.3 is 10.8 Å². The van der Waals surface area contributed by atoms with E-state index in [1.54, 1.807) is 12.2 Å². The van der Waals surface area contributed by atoms with Crippen LogP contribution in [0.25, 0.3) is 5.57 Å². The van der Waals surface area contributed by atoms with Gasteiger partial charge in [-0.15, -0.1) is 0 Å². The number of carbonyl (C=O) groups excluding carboxylic acids is 1. The van der Waals surface area contributed by atoms with Crippen LogP contribution in [-0.4, -0.2) is 43.0 Å². The van der Waals surface area contributed by atoms with Crippen molar-refractivity contribution in [2.24, 2.45) is 11.1 Å². The molecule has 2 rings (SSSR count). The minimum Gasteiger partial charge on any atom is -0.388 e. The van der Waals surface area contributed by atoms with E-state index in [-0.39, 0.29) is 25.8 Å². The van der Waals surface area contributed by atoms with Crippen LogP contribution in [0.5, 0.6) is 0 Å². The van der Waals surface area contributed by atoms with Gasteiger partial charge in [-0.1, -0.05) is 42.5 Å². The van der Waals surface area contributed by atoms with Crippen molar-refractivity contribution in [3.05, 3.63) is 54.1 Å². The highest BCUT2D eigenvalue weighted by atomic mass is 32.2. The average molecular weight is 439 g/mol. The quantitative estimate of drug-likeness (QED) is 0.522. The molecule has 0 aromatic heterocycles. The number of alkyl halides is 1. The lowest BCUT2D eigenvalue weighted by atomic mass is 9.63. The first kappa shape index (κ1) is 24.2. The predicted molar refractivity (Wildman–Crippen MR) is 117 cm³/mol. The first-order valence-electron chi connectivity index (χ1n) is 10.0. The zero-order chi connectivity index (χ0) is 22.6. The second-order valence-electron chi connectivity index (χ2n) is 8.27. The molecule has 0 radical (unpaired) electrons. The SMILES string of the molecule is CC(C)S(=O)(=O)NCC(C)(O)C1(CCCC(N)=O)C=CC(c2ccccc2)=CC1F. The average Bonchev–Trinajstić information content (AvgIpc) is 2.68. The summed E-state index contributed by atoms with van der Waals surface area (Å²) in [7, 11) is -3.65. The second-order valence-corrected chi connectivity index (χ2v) is 10.6. The molecule has 1 aliphatic carbocycles. The molecule has 1 aliphatic rings. The third-order valence-electron chi connectivity index (χ3n) is 5.74. The minimum absolute atomic E-state index is 0.0470. The summed E-state index contributed by atoms with van der Waals surface area (Å²) in [5.74, 6) is -0.513. The number of carbonyl (C=O) groups is 1. The molecule has 166 valence electrons. The molecule has 1 amide bonds. The van der Waals surface area contributed by atoms with Crippen molar-refractivity contribution in [1.82, 2.24) is 4.72 Å².